The number of rotatable bonds is 18. The first-order valence-electron chi connectivity index (χ1n) is 18.9. The van der Waals surface area contributed by atoms with Crippen LogP contribution in [0.1, 0.15) is 133 Å². The first-order chi connectivity index (χ1) is 22.7. The van der Waals surface area contributed by atoms with Gasteiger partial charge >= 0.3 is 0 Å². The van der Waals surface area contributed by atoms with Crippen molar-refractivity contribution in [3.8, 4) is 0 Å². The fraction of sp³-hybridized carbons (Fsp3) is 0.846. The molecular formula is C39H71N5O5. The zero-order valence-electron chi connectivity index (χ0n) is 32.8. The Hall–Kier alpha value is -2.62. The number of fused-ring (bicyclic) bond motifs is 1. The number of primary amides is 1. The molecule has 49 heavy (non-hydrogen) atoms. The molecule has 7 atom stereocenters. The summed E-state index contributed by atoms with van der Waals surface area (Å²) in [5, 5.41) is 10.6. The highest BCUT2D eigenvalue weighted by atomic mass is 16.5. The summed E-state index contributed by atoms with van der Waals surface area (Å²) in [6.45, 7) is 26.9. The number of amides is 3. The molecule has 3 amide bonds. The van der Waals surface area contributed by atoms with Crippen LogP contribution in [0.4, 0.5) is 0 Å². The lowest BCUT2D eigenvalue weighted by atomic mass is 9.70. The quantitative estimate of drug-likeness (QED) is 0.135. The summed E-state index contributed by atoms with van der Waals surface area (Å²) in [6, 6.07) is -0.759. The molecule has 4 unspecified atom stereocenters. The molecule has 0 bridgehead atoms. The van der Waals surface area contributed by atoms with Crippen LogP contribution < -0.4 is 21.7 Å². The molecule has 10 nitrogen and oxygen atoms in total. The number of piperidine rings is 1. The highest BCUT2D eigenvalue weighted by molar-refractivity contribution is 6.34. The van der Waals surface area contributed by atoms with E-state index in [1.165, 1.54) is 6.42 Å². The summed E-state index contributed by atoms with van der Waals surface area (Å²) < 4.78 is 5.44. The molecule has 10 heteroatoms. The minimum atomic E-state index is -0.880. The largest absolute Gasteiger partial charge is 0.385 e. The number of carbonyl (C=O) groups is 4. The number of likely N-dealkylation sites (tertiary alicyclic amines) is 1. The van der Waals surface area contributed by atoms with Crippen LogP contribution in [0, 0.1) is 34.5 Å². The Morgan fingerprint density at radius 1 is 1.04 bits per heavy atom. The number of hydrogen-bond donors (Lipinski definition) is 4. The number of hydrogen-bond acceptors (Lipinski definition) is 7. The van der Waals surface area contributed by atoms with Gasteiger partial charge in [0.25, 0.3) is 5.91 Å². The highest BCUT2D eigenvalue weighted by Gasteiger charge is 2.70. The van der Waals surface area contributed by atoms with Gasteiger partial charge < -0.3 is 31.3 Å². The monoisotopic (exact) mass is 690 g/mol. The lowest BCUT2D eigenvalue weighted by Gasteiger charge is -2.45. The minimum Gasteiger partial charge on any atom is -0.385 e. The van der Waals surface area contributed by atoms with Crippen molar-refractivity contribution in [2.45, 2.75) is 157 Å². The smallest absolute Gasteiger partial charge is 0.284 e. The van der Waals surface area contributed by atoms with Gasteiger partial charge in [0.05, 0.1) is 5.82 Å². The second kappa shape index (κ2) is 18.0. The molecule has 3 fully saturated rings. The lowest BCUT2D eigenvalue weighted by molar-refractivity contribution is -0.145. The molecule has 0 spiro atoms. The van der Waals surface area contributed by atoms with Crippen LogP contribution in [-0.2, 0) is 23.9 Å². The first kappa shape index (κ1) is 42.5. The predicted octanol–water partition coefficient (Wildman–Crippen LogP) is 5.69. The van der Waals surface area contributed by atoms with Crippen molar-refractivity contribution >= 4 is 23.5 Å². The van der Waals surface area contributed by atoms with Crippen molar-refractivity contribution in [1.29, 1.82) is 0 Å². The second-order valence-corrected chi connectivity index (χ2v) is 17.1. The summed E-state index contributed by atoms with van der Waals surface area (Å²) in [4.78, 5) is 49.9. The molecule has 0 radical (unpaired) electrons. The Morgan fingerprint density at radius 2 is 1.63 bits per heavy atom. The van der Waals surface area contributed by atoms with Gasteiger partial charge in [-0.25, -0.2) is 0 Å². The topological polar surface area (TPSA) is 143 Å². The molecule has 1 aliphatic heterocycles. The molecule has 2 saturated carbocycles. The highest BCUT2D eigenvalue weighted by Crippen LogP contribution is 2.65. The molecule has 1 heterocycles. The number of carbonyl (C=O) groups excluding carboxylic acids is 4. The Labute approximate surface area is 297 Å². The third kappa shape index (κ3) is 11.7. The van der Waals surface area contributed by atoms with E-state index < -0.39 is 23.8 Å². The van der Waals surface area contributed by atoms with Crippen molar-refractivity contribution in [2.75, 3.05) is 20.3 Å². The first-order valence-corrected chi connectivity index (χ1v) is 18.9. The van der Waals surface area contributed by atoms with E-state index in [2.05, 4.69) is 90.6 Å². The van der Waals surface area contributed by atoms with E-state index in [4.69, 9.17) is 4.74 Å². The molecule has 3 rings (SSSR count). The normalized spacial score (nSPS) is 25.0. The van der Waals surface area contributed by atoms with Crippen LogP contribution in [0.25, 0.3) is 0 Å². The van der Waals surface area contributed by atoms with Crippen molar-refractivity contribution in [1.82, 2.24) is 20.9 Å². The second-order valence-electron chi connectivity index (χ2n) is 17.1. The van der Waals surface area contributed by atoms with Crippen molar-refractivity contribution in [3.63, 3.8) is 0 Å². The lowest BCUT2D eigenvalue weighted by Crippen LogP contribution is -2.61. The molecule has 5 N–H and O–H groups in total. The van der Waals surface area contributed by atoms with Gasteiger partial charge in [-0.15, -0.1) is 0 Å². The summed E-state index contributed by atoms with van der Waals surface area (Å²) in [5.41, 5.74) is 4.12. The van der Waals surface area contributed by atoms with Crippen molar-refractivity contribution in [2.24, 2.45) is 40.2 Å². The van der Waals surface area contributed by atoms with Gasteiger partial charge in [-0.05, 0) is 80.5 Å². The van der Waals surface area contributed by atoms with E-state index in [0.29, 0.717) is 36.7 Å². The Kier molecular flexibility index (Phi) is 15.7. The van der Waals surface area contributed by atoms with Gasteiger partial charge in [-0.1, -0.05) is 87.1 Å². The molecule has 2 aliphatic carbocycles. The third-order valence-electron chi connectivity index (χ3n) is 11.5. The van der Waals surface area contributed by atoms with Gasteiger partial charge in [0, 0.05) is 38.8 Å². The number of nitrogens with one attached hydrogen (secondary N) is 3. The van der Waals surface area contributed by atoms with E-state index in [1.54, 1.807) is 7.11 Å². The molecule has 282 valence electrons. The minimum absolute atomic E-state index is 0.0243. The summed E-state index contributed by atoms with van der Waals surface area (Å²) in [5.74, 6) is 0.934. The number of methoxy groups -OCH3 is 1. The summed E-state index contributed by atoms with van der Waals surface area (Å²) in [6.07, 6.45) is 10.5. The standard InChI is InChI=1S/C36H66N4O3.C3H5NO2/c1-12-16-25(4)21-26(5)37-32(41)30-29-28(34(29,7)8)23-40(30)33(42)31(35(9)17-14-13-15-18-35)38-27(6)39-36(10,19-20-43-11)22-24(2)3;1-2(5)3(4)6/h24-26,28-31,38-39H,6,12-23H2,1-5,7-11H3,(H,37,41);1H3,(H2,4,6)/t25?,26?,28-,29-,30?,31?,36-;/m0./s1. The maximum Gasteiger partial charge on any atom is 0.284 e. The molecule has 1 saturated heterocycles. The third-order valence-corrected chi connectivity index (χ3v) is 11.5. The number of ketones is 1. The van der Waals surface area contributed by atoms with Crippen LogP contribution in [-0.4, -0.2) is 72.3 Å². The Morgan fingerprint density at radius 3 is 2.14 bits per heavy atom. The zero-order chi connectivity index (χ0) is 37.3. The maximum absolute atomic E-state index is 14.7. The van der Waals surface area contributed by atoms with E-state index in [0.717, 1.165) is 64.7 Å². The van der Waals surface area contributed by atoms with Gasteiger partial charge in [0.15, 0.2) is 0 Å². The zero-order valence-corrected chi connectivity index (χ0v) is 32.8. The van der Waals surface area contributed by atoms with Crippen LogP contribution in [0.3, 0.4) is 0 Å². The fourth-order valence-electron chi connectivity index (χ4n) is 8.78. The molecule has 0 aromatic heterocycles. The molecule has 0 aromatic carbocycles. The SMILES string of the molecule is C=C(NC(C(=O)N1C[C@H]2[C@@H](C1C(=O)NC(C)CC(C)CCC)C2(C)C)C1(C)CCCCC1)N[C@@](C)(CCOC)CC(C)C.CC(=O)C(N)=O. The number of nitrogens with zero attached hydrogens (tertiary/aromatic N) is 1. The van der Waals surface area contributed by atoms with Gasteiger partial charge in [-0.3, -0.25) is 19.2 Å². The van der Waals surface area contributed by atoms with E-state index in [1.807, 2.05) is 4.90 Å². The maximum atomic E-state index is 14.7. The van der Waals surface area contributed by atoms with Gasteiger partial charge in [0.1, 0.15) is 12.1 Å². The van der Waals surface area contributed by atoms with E-state index in [-0.39, 0.29) is 40.1 Å². The fourth-order valence-corrected chi connectivity index (χ4v) is 8.78. The molecule has 0 aromatic rings. The van der Waals surface area contributed by atoms with Gasteiger partial charge in [-0.2, -0.15) is 0 Å². The van der Waals surface area contributed by atoms with Crippen molar-refractivity contribution < 1.29 is 23.9 Å². The summed E-state index contributed by atoms with van der Waals surface area (Å²) in [7, 11) is 1.74. The average Bonchev–Trinajstić information content (AvgIpc) is 3.30. The molecule has 3 aliphatic rings. The van der Waals surface area contributed by atoms with Crippen LogP contribution in [0.2, 0.25) is 0 Å². The van der Waals surface area contributed by atoms with Gasteiger partial charge in [0.2, 0.25) is 17.6 Å². The number of nitrogens with two attached hydrogens (primary N) is 1. The van der Waals surface area contributed by atoms with Crippen LogP contribution >= 0.6 is 0 Å². The van der Waals surface area contributed by atoms with Crippen LogP contribution in [0.15, 0.2) is 12.4 Å². The number of Topliss-reactive ketones (excluding diaryl/α,β-unsaturated/α-hetero) is 1. The molecular weight excluding hydrogens is 618 g/mol. The van der Waals surface area contributed by atoms with E-state index >= 15 is 0 Å². The van der Waals surface area contributed by atoms with E-state index in [9.17, 15) is 19.2 Å². The van der Waals surface area contributed by atoms with Crippen molar-refractivity contribution in [3.05, 3.63) is 12.4 Å². The Bertz CT molecular complexity index is 1140. The average molecular weight is 690 g/mol. The summed E-state index contributed by atoms with van der Waals surface area (Å²) >= 11 is 0. The van der Waals surface area contributed by atoms with Crippen LogP contribution in [0.5, 0.6) is 0 Å². The Balaban J connectivity index is 0.00000127. The predicted molar refractivity (Wildman–Crippen MR) is 197 cm³/mol. The number of ether oxygens (including phenoxy) is 1.